The Morgan fingerprint density at radius 1 is 1.40 bits per heavy atom. The van der Waals surface area contributed by atoms with Gasteiger partial charge >= 0.3 is 0 Å². The molecule has 2 aromatic rings. The molecule has 2 aromatic heterocycles. The number of nitrogens with zero attached hydrogens (tertiary/aromatic N) is 1. The van der Waals surface area contributed by atoms with E-state index in [2.05, 4.69) is 38.1 Å². The van der Waals surface area contributed by atoms with Crippen LogP contribution in [0.3, 0.4) is 0 Å². The summed E-state index contributed by atoms with van der Waals surface area (Å²) in [4.78, 5) is 17.0. The molecule has 0 spiro atoms. The molecule has 1 amide bonds. The molecule has 2 heterocycles. The highest BCUT2D eigenvalue weighted by molar-refractivity contribution is 9.11. The molecule has 0 saturated heterocycles. The average molecular weight is 351 g/mol. The van der Waals surface area contributed by atoms with E-state index in [9.17, 15) is 4.79 Å². The summed E-state index contributed by atoms with van der Waals surface area (Å²) in [6, 6.07) is 7.21. The highest BCUT2D eigenvalue weighted by Gasteiger charge is 2.07. The predicted octanol–water partition coefficient (Wildman–Crippen LogP) is 2.18. The van der Waals surface area contributed by atoms with Gasteiger partial charge in [-0.15, -0.1) is 11.3 Å². The fraction of sp³-hybridized carbons (Fsp3) is 0.143. The van der Waals surface area contributed by atoms with E-state index >= 15 is 0 Å². The molecule has 6 heteroatoms. The number of hydrogen-bond acceptors (Lipinski definition) is 4. The summed E-state index contributed by atoms with van der Waals surface area (Å²) < 4.78 is 1.03. The number of amides is 1. The second-order valence-corrected chi connectivity index (χ2v) is 6.33. The quantitative estimate of drug-likeness (QED) is 0.834. The predicted molar refractivity (Wildman–Crippen MR) is 81.4 cm³/mol. The maximum Gasteiger partial charge on any atom is 0.270 e. The van der Waals surface area contributed by atoms with Crippen LogP contribution < -0.4 is 5.32 Å². The molecule has 0 aromatic carbocycles. The molecular formula is C14H11BrN2O2S. The van der Waals surface area contributed by atoms with Crippen LogP contribution in [0.15, 0.2) is 34.2 Å². The van der Waals surface area contributed by atoms with E-state index < -0.39 is 0 Å². The van der Waals surface area contributed by atoms with E-state index in [4.69, 9.17) is 5.11 Å². The zero-order valence-electron chi connectivity index (χ0n) is 10.4. The topological polar surface area (TPSA) is 62.2 Å². The van der Waals surface area contributed by atoms with Crippen LogP contribution in [0.2, 0.25) is 0 Å². The van der Waals surface area contributed by atoms with E-state index in [1.54, 1.807) is 23.5 Å². The SMILES string of the molecule is O=C(NCc1ccc(Br)s1)c1ccc(C#CCO)cn1. The summed E-state index contributed by atoms with van der Waals surface area (Å²) in [5.74, 6) is 5.02. The lowest BCUT2D eigenvalue weighted by Gasteiger charge is -2.02. The molecule has 0 bridgehead atoms. The highest BCUT2D eigenvalue weighted by atomic mass is 79.9. The van der Waals surface area contributed by atoms with Gasteiger partial charge in [-0.3, -0.25) is 4.79 Å². The summed E-state index contributed by atoms with van der Waals surface area (Å²) in [6.07, 6.45) is 1.51. The van der Waals surface area contributed by atoms with Gasteiger partial charge in [0.15, 0.2) is 0 Å². The van der Waals surface area contributed by atoms with Crippen molar-refractivity contribution in [1.82, 2.24) is 10.3 Å². The number of aliphatic hydroxyl groups is 1. The Bertz CT molecular complexity index is 656. The van der Waals surface area contributed by atoms with Crippen molar-refractivity contribution in [3.63, 3.8) is 0 Å². The van der Waals surface area contributed by atoms with Crippen molar-refractivity contribution in [2.75, 3.05) is 6.61 Å². The van der Waals surface area contributed by atoms with E-state index in [0.717, 1.165) is 8.66 Å². The van der Waals surface area contributed by atoms with Gasteiger partial charge in [-0.05, 0) is 40.2 Å². The van der Waals surface area contributed by atoms with Crippen LogP contribution in [0.5, 0.6) is 0 Å². The number of aliphatic hydroxyl groups excluding tert-OH is 1. The van der Waals surface area contributed by atoms with Gasteiger partial charge in [0.05, 0.1) is 10.3 Å². The van der Waals surface area contributed by atoms with E-state index in [-0.39, 0.29) is 12.5 Å². The standard InChI is InChI=1S/C14H11BrN2O2S/c15-13-6-4-11(20-13)9-17-14(19)12-5-3-10(8-16-12)2-1-7-18/h3-6,8,18H,7,9H2,(H,17,19). The summed E-state index contributed by atoms with van der Waals surface area (Å²) in [5.41, 5.74) is 1.01. The molecule has 0 unspecified atom stereocenters. The Kier molecular flexibility index (Phi) is 5.30. The van der Waals surface area contributed by atoms with E-state index in [0.29, 0.717) is 17.8 Å². The van der Waals surface area contributed by atoms with Gasteiger partial charge in [0.2, 0.25) is 0 Å². The minimum atomic E-state index is -0.226. The molecule has 102 valence electrons. The molecule has 2 rings (SSSR count). The molecule has 0 fully saturated rings. The number of hydrogen-bond donors (Lipinski definition) is 2. The van der Waals surface area contributed by atoms with Gasteiger partial charge in [-0.1, -0.05) is 11.8 Å². The van der Waals surface area contributed by atoms with Gasteiger partial charge in [-0.25, -0.2) is 4.98 Å². The Balaban J connectivity index is 1.95. The maximum absolute atomic E-state index is 11.9. The lowest BCUT2D eigenvalue weighted by molar-refractivity contribution is 0.0946. The fourth-order valence-corrected chi connectivity index (χ4v) is 2.87. The number of nitrogens with one attached hydrogen (secondary N) is 1. The van der Waals surface area contributed by atoms with Crippen LogP contribution in [-0.4, -0.2) is 22.6 Å². The number of carbonyl (C=O) groups excluding carboxylic acids is 1. The van der Waals surface area contributed by atoms with Crippen molar-refractivity contribution in [2.45, 2.75) is 6.54 Å². The smallest absolute Gasteiger partial charge is 0.270 e. The minimum absolute atomic E-state index is 0.196. The van der Waals surface area contributed by atoms with Crippen molar-refractivity contribution < 1.29 is 9.90 Å². The fourth-order valence-electron chi connectivity index (χ4n) is 1.45. The van der Waals surface area contributed by atoms with Crippen LogP contribution in [0, 0.1) is 11.8 Å². The highest BCUT2D eigenvalue weighted by Crippen LogP contribution is 2.21. The Hall–Kier alpha value is -1.68. The van der Waals surface area contributed by atoms with Crippen molar-refractivity contribution in [2.24, 2.45) is 0 Å². The first kappa shape index (κ1) is 14.7. The van der Waals surface area contributed by atoms with Crippen molar-refractivity contribution in [3.05, 3.63) is 50.4 Å². The molecule has 0 radical (unpaired) electrons. The molecule has 0 saturated carbocycles. The molecule has 0 aliphatic rings. The Labute approximate surface area is 129 Å². The van der Waals surface area contributed by atoms with Gasteiger partial charge < -0.3 is 10.4 Å². The Morgan fingerprint density at radius 2 is 2.25 bits per heavy atom. The number of carbonyl (C=O) groups is 1. The third-order valence-electron chi connectivity index (χ3n) is 2.36. The summed E-state index contributed by atoms with van der Waals surface area (Å²) >= 11 is 4.95. The monoisotopic (exact) mass is 350 g/mol. The van der Waals surface area contributed by atoms with Gasteiger partial charge in [0.25, 0.3) is 5.91 Å². The first-order valence-electron chi connectivity index (χ1n) is 5.77. The van der Waals surface area contributed by atoms with E-state index in [1.807, 2.05) is 12.1 Å². The summed E-state index contributed by atoms with van der Waals surface area (Å²) in [6.45, 7) is 0.279. The van der Waals surface area contributed by atoms with Crippen molar-refractivity contribution in [3.8, 4) is 11.8 Å². The molecule has 0 atom stereocenters. The average Bonchev–Trinajstić information content (AvgIpc) is 2.89. The number of rotatable bonds is 3. The Morgan fingerprint density at radius 3 is 2.85 bits per heavy atom. The van der Waals surface area contributed by atoms with Crippen LogP contribution in [0.1, 0.15) is 20.9 Å². The molecule has 4 nitrogen and oxygen atoms in total. The third-order valence-corrected chi connectivity index (χ3v) is 3.98. The lowest BCUT2D eigenvalue weighted by Crippen LogP contribution is -2.23. The van der Waals surface area contributed by atoms with Crippen LogP contribution in [-0.2, 0) is 6.54 Å². The third kappa shape index (κ3) is 4.17. The number of aromatic nitrogens is 1. The molecule has 20 heavy (non-hydrogen) atoms. The normalized spacial score (nSPS) is 9.70. The zero-order chi connectivity index (χ0) is 14.4. The number of thiophene rings is 1. The summed E-state index contributed by atoms with van der Waals surface area (Å²) in [7, 11) is 0. The second kappa shape index (κ2) is 7.20. The van der Waals surface area contributed by atoms with Crippen LogP contribution in [0.25, 0.3) is 0 Å². The number of halogens is 1. The molecular weight excluding hydrogens is 340 g/mol. The molecule has 0 aliphatic heterocycles. The first-order chi connectivity index (χ1) is 9.69. The molecule has 0 aliphatic carbocycles. The van der Waals surface area contributed by atoms with Crippen LogP contribution >= 0.6 is 27.3 Å². The molecule has 2 N–H and O–H groups in total. The second-order valence-electron chi connectivity index (χ2n) is 3.78. The lowest BCUT2D eigenvalue weighted by atomic mass is 10.2. The van der Waals surface area contributed by atoms with Crippen molar-refractivity contribution in [1.29, 1.82) is 0 Å². The van der Waals surface area contributed by atoms with Gasteiger partial charge in [0.1, 0.15) is 12.3 Å². The number of pyridine rings is 1. The first-order valence-corrected chi connectivity index (χ1v) is 7.38. The maximum atomic E-state index is 11.9. The van der Waals surface area contributed by atoms with Crippen molar-refractivity contribution >= 4 is 33.2 Å². The minimum Gasteiger partial charge on any atom is -0.384 e. The van der Waals surface area contributed by atoms with Crippen LogP contribution in [0.4, 0.5) is 0 Å². The van der Waals surface area contributed by atoms with Gasteiger partial charge in [0, 0.05) is 16.6 Å². The van der Waals surface area contributed by atoms with E-state index in [1.165, 1.54) is 6.20 Å². The summed E-state index contributed by atoms with van der Waals surface area (Å²) in [5, 5.41) is 11.4. The zero-order valence-corrected chi connectivity index (χ0v) is 12.8. The largest absolute Gasteiger partial charge is 0.384 e. The van der Waals surface area contributed by atoms with Gasteiger partial charge in [-0.2, -0.15) is 0 Å².